The van der Waals surface area contributed by atoms with Gasteiger partial charge in [-0.05, 0) is 31.0 Å². The SMILES string of the molecule is CC(C)NCc1cnn(-c2cccc(Cl)c2)c1C1CC1. The Bertz CT molecular complexity index is 600. The second kappa shape index (κ2) is 5.58. The number of aromatic nitrogens is 2. The molecule has 0 saturated heterocycles. The van der Waals surface area contributed by atoms with Gasteiger partial charge in [0.05, 0.1) is 17.6 Å². The molecule has 0 bridgehead atoms. The molecule has 0 radical (unpaired) electrons. The summed E-state index contributed by atoms with van der Waals surface area (Å²) in [5.74, 6) is 0.653. The Hall–Kier alpha value is -1.32. The molecule has 1 aromatic heterocycles. The number of rotatable bonds is 5. The molecular formula is C16H20ClN3. The molecule has 2 aromatic rings. The standard InChI is InChI=1S/C16H20ClN3/c1-11(2)18-9-13-10-19-20(16(13)12-6-7-12)15-5-3-4-14(17)8-15/h3-5,8,10-12,18H,6-7,9H2,1-2H3. The van der Waals surface area contributed by atoms with Crippen LogP contribution in [0.2, 0.25) is 5.02 Å². The van der Waals surface area contributed by atoms with Gasteiger partial charge in [0.1, 0.15) is 0 Å². The first kappa shape index (κ1) is 13.7. The maximum atomic E-state index is 6.10. The minimum Gasteiger partial charge on any atom is -0.310 e. The zero-order valence-electron chi connectivity index (χ0n) is 11.9. The summed E-state index contributed by atoms with van der Waals surface area (Å²) in [6.07, 6.45) is 4.52. The molecule has 20 heavy (non-hydrogen) atoms. The maximum Gasteiger partial charge on any atom is 0.0663 e. The maximum absolute atomic E-state index is 6.10. The molecule has 0 spiro atoms. The van der Waals surface area contributed by atoms with Crippen LogP contribution in [-0.2, 0) is 6.54 Å². The molecule has 1 aliphatic rings. The van der Waals surface area contributed by atoms with Crippen molar-refractivity contribution in [2.24, 2.45) is 0 Å². The van der Waals surface area contributed by atoms with Crippen LogP contribution in [0, 0.1) is 0 Å². The molecule has 106 valence electrons. The van der Waals surface area contributed by atoms with Crippen molar-refractivity contribution in [3.05, 3.63) is 46.7 Å². The van der Waals surface area contributed by atoms with E-state index in [9.17, 15) is 0 Å². The number of nitrogens with zero attached hydrogens (tertiary/aromatic N) is 2. The lowest BCUT2D eigenvalue weighted by Gasteiger charge is -2.11. The van der Waals surface area contributed by atoms with Crippen molar-refractivity contribution in [1.82, 2.24) is 15.1 Å². The van der Waals surface area contributed by atoms with Crippen molar-refractivity contribution in [3.63, 3.8) is 0 Å². The van der Waals surface area contributed by atoms with Gasteiger partial charge in [-0.25, -0.2) is 4.68 Å². The fraction of sp³-hybridized carbons (Fsp3) is 0.438. The number of benzene rings is 1. The molecule has 0 atom stereocenters. The van der Waals surface area contributed by atoms with Crippen LogP contribution < -0.4 is 5.32 Å². The molecule has 1 aromatic carbocycles. The van der Waals surface area contributed by atoms with E-state index in [0.717, 1.165) is 17.3 Å². The Morgan fingerprint density at radius 1 is 1.40 bits per heavy atom. The molecule has 3 nitrogen and oxygen atoms in total. The van der Waals surface area contributed by atoms with Crippen LogP contribution in [0.3, 0.4) is 0 Å². The summed E-state index contributed by atoms with van der Waals surface area (Å²) in [4.78, 5) is 0. The van der Waals surface area contributed by atoms with Gasteiger partial charge in [-0.3, -0.25) is 0 Å². The van der Waals surface area contributed by atoms with E-state index in [4.69, 9.17) is 11.6 Å². The Morgan fingerprint density at radius 2 is 2.20 bits per heavy atom. The van der Waals surface area contributed by atoms with E-state index >= 15 is 0 Å². The lowest BCUT2D eigenvalue weighted by molar-refractivity contribution is 0.585. The molecule has 1 heterocycles. The number of hydrogen-bond acceptors (Lipinski definition) is 2. The van der Waals surface area contributed by atoms with Crippen LogP contribution in [0.4, 0.5) is 0 Å². The molecule has 1 saturated carbocycles. The first-order chi connectivity index (χ1) is 9.65. The van der Waals surface area contributed by atoms with Gasteiger partial charge >= 0.3 is 0 Å². The van der Waals surface area contributed by atoms with Crippen LogP contribution in [0.1, 0.15) is 43.9 Å². The highest BCUT2D eigenvalue weighted by Crippen LogP contribution is 2.42. The van der Waals surface area contributed by atoms with Crippen molar-refractivity contribution >= 4 is 11.6 Å². The highest BCUT2D eigenvalue weighted by Gasteiger charge is 2.30. The van der Waals surface area contributed by atoms with Crippen molar-refractivity contribution in [2.45, 2.75) is 45.2 Å². The lowest BCUT2D eigenvalue weighted by Crippen LogP contribution is -2.22. The van der Waals surface area contributed by atoms with Gasteiger partial charge < -0.3 is 5.32 Å². The zero-order valence-corrected chi connectivity index (χ0v) is 12.7. The fourth-order valence-electron chi connectivity index (χ4n) is 2.45. The summed E-state index contributed by atoms with van der Waals surface area (Å²) in [6, 6.07) is 8.38. The second-order valence-electron chi connectivity index (χ2n) is 5.76. The highest BCUT2D eigenvalue weighted by atomic mass is 35.5. The van der Waals surface area contributed by atoms with Crippen molar-refractivity contribution in [3.8, 4) is 5.69 Å². The monoisotopic (exact) mass is 289 g/mol. The van der Waals surface area contributed by atoms with E-state index in [-0.39, 0.29) is 0 Å². The van der Waals surface area contributed by atoms with Crippen LogP contribution in [0.15, 0.2) is 30.5 Å². The van der Waals surface area contributed by atoms with Gasteiger partial charge in [-0.15, -0.1) is 0 Å². The number of hydrogen-bond donors (Lipinski definition) is 1. The van der Waals surface area contributed by atoms with E-state index in [1.807, 2.05) is 24.4 Å². The Labute approximate surface area is 124 Å². The third-order valence-corrected chi connectivity index (χ3v) is 3.84. The quantitative estimate of drug-likeness (QED) is 0.905. The van der Waals surface area contributed by atoms with Crippen LogP contribution >= 0.6 is 11.6 Å². The van der Waals surface area contributed by atoms with Gasteiger partial charge in [0.2, 0.25) is 0 Å². The van der Waals surface area contributed by atoms with Crippen LogP contribution in [0.5, 0.6) is 0 Å². The number of nitrogens with one attached hydrogen (secondary N) is 1. The van der Waals surface area contributed by atoms with Crippen molar-refractivity contribution in [1.29, 1.82) is 0 Å². The van der Waals surface area contributed by atoms with E-state index in [1.165, 1.54) is 24.1 Å². The first-order valence-corrected chi connectivity index (χ1v) is 7.59. The van der Waals surface area contributed by atoms with Gasteiger partial charge in [0.15, 0.2) is 0 Å². The van der Waals surface area contributed by atoms with E-state index < -0.39 is 0 Å². The fourth-order valence-corrected chi connectivity index (χ4v) is 2.63. The third kappa shape index (κ3) is 2.89. The van der Waals surface area contributed by atoms with Gasteiger partial charge in [0.25, 0.3) is 0 Å². The largest absolute Gasteiger partial charge is 0.310 e. The van der Waals surface area contributed by atoms with Crippen LogP contribution in [-0.4, -0.2) is 15.8 Å². The molecule has 0 amide bonds. The van der Waals surface area contributed by atoms with Crippen molar-refractivity contribution in [2.75, 3.05) is 0 Å². The van der Waals surface area contributed by atoms with Crippen LogP contribution in [0.25, 0.3) is 5.69 Å². The molecule has 1 aliphatic carbocycles. The summed E-state index contributed by atoms with van der Waals surface area (Å²) in [7, 11) is 0. The Morgan fingerprint density at radius 3 is 2.85 bits per heavy atom. The van der Waals surface area contributed by atoms with Crippen molar-refractivity contribution < 1.29 is 0 Å². The Kier molecular flexibility index (Phi) is 3.81. The Balaban J connectivity index is 1.95. The average Bonchev–Trinajstić information content (AvgIpc) is 3.16. The summed E-state index contributed by atoms with van der Waals surface area (Å²) in [6.45, 7) is 5.21. The lowest BCUT2D eigenvalue weighted by atomic mass is 10.1. The van der Waals surface area contributed by atoms with E-state index in [1.54, 1.807) is 0 Å². The first-order valence-electron chi connectivity index (χ1n) is 7.21. The molecule has 4 heteroatoms. The smallest absolute Gasteiger partial charge is 0.0663 e. The van der Waals surface area contributed by atoms with E-state index in [0.29, 0.717) is 12.0 Å². The minimum atomic E-state index is 0.483. The normalized spacial score (nSPS) is 15.0. The molecule has 0 aliphatic heterocycles. The predicted octanol–water partition coefficient (Wildman–Crippen LogP) is 3.90. The topological polar surface area (TPSA) is 29.9 Å². The predicted molar refractivity (Wildman–Crippen MR) is 82.5 cm³/mol. The number of halogens is 1. The highest BCUT2D eigenvalue weighted by molar-refractivity contribution is 6.30. The summed E-state index contributed by atoms with van der Waals surface area (Å²) in [5, 5.41) is 8.82. The molecule has 1 fully saturated rings. The molecule has 3 rings (SSSR count). The molecule has 0 unspecified atom stereocenters. The zero-order chi connectivity index (χ0) is 14.1. The summed E-state index contributed by atoms with van der Waals surface area (Å²) < 4.78 is 2.06. The molecular weight excluding hydrogens is 270 g/mol. The van der Waals surface area contributed by atoms with E-state index in [2.05, 4.69) is 35.0 Å². The average molecular weight is 290 g/mol. The van der Waals surface area contributed by atoms with Gasteiger partial charge in [0, 0.05) is 29.1 Å². The third-order valence-electron chi connectivity index (χ3n) is 3.60. The minimum absolute atomic E-state index is 0.483. The second-order valence-corrected chi connectivity index (χ2v) is 6.19. The summed E-state index contributed by atoms with van der Waals surface area (Å²) in [5.41, 5.74) is 3.71. The summed E-state index contributed by atoms with van der Waals surface area (Å²) >= 11 is 6.10. The van der Waals surface area contributed by atoms with Gasteiger partial charge in [-0.1, -0.05) is 31.5 Å². The van der Waals surface area contributed by atoms with Gasteiger partial charge in [-0.2, -0.15) is 5.10 Å². The molecule has 1 N–H and O–H groups in total.